The van der Waals surface area contributed by atoms with Crippen LogP contribution in [0.4, 0.5) is 0 Å². The first kappa shape index (κ1) is 12.1. The lowest BCUT2D eigenvalue weighted by atomic mass is 10.1. The van der Waals surface area contributed by atoms with Crippen LogP contribution in [-0.2, 0) is 16.3 Å². The second kappa shape index (κ2) is 4.85. The van der Waals surface area contributed by atoms with Gasteiger partial charge >= 0.3 is 0 Å². The number of hydrogen-bond donors (Lipinski definition) is 1. The summed E-state index contributed by atoms with van der Waals surface area (Å²) in [5.41, 5.74) is 1.32. The van der Waals surface area contributed by atoms with Crippen LogP contribution >= 0.6 is 11.3 Å². The summed E-state index contributed by atoms with van der Waals surface area (Å²) in [7, 11) is -2.76. The Kier molecular flexibility index (Phi) is 3.66. The summed E-state index contributed by atoms with van der Waals surface area (Å²) < 4.78 is 22.6. The Morgan fingerprint density at radius 3 is 3.00 bits per heavy atom. The molecule has 1 aromatic rings. The zero-order valence-electron chi connectivity index (χ0n) is 9.35. The lowest BCUT2D eigenvalue weighted by Gasteiger charge is -2.17. The van der Waals surface area contributed by atoms with E-state index >= 15 is 0 Å². The van der Waals surface area contributed by atoms with Gasteiger partial charge in [0.15, 0.2) is 9.84 Å². The van der Waals surface area contributed by atoms with Gasteiger partial charge in [-0.1, -0.05) is 0 Å². The van der Waals surface area contributed by atoms with Crippen molar-refractivity contribution >= 4 is 21.2 Å². The second-order valence-electron chi connectivity index (χ2n) is 4.50. The largest absolute Gasteiger partial charge is 0.310 e. The van der Waals surface area contributed by atoms with Crippen LogP contribution in [-0.4, -0.2) is 32.0 Å². The Morgan fingerprint density at radius 1 is 1.62 bits per heavy atom. The van der Waals surface area contributed by atoms with E-state index in [1.807, 2.05) is 0 Å². The molecule has 0 amide bonds. The van der Waals surface area contributed by atoms with Crippen LogP contribution in [0.15, 0.2) is 16.8 Å². The zero-order valence-corrected chi connectivity index (χ0v) is 11.0. The Morgan fingerprint density at radius 2 is 2.44 bits per heavy atom. The van der Waals surface area contributed by atoms with E-state index in [2.05, 4.69) is 29.1 Å². The summed E-state index contributed by atoms with van der Waals surface area (Å²) in [5.74, 6) is 0.650. The van der Waals surface area contributed by atoms with Crippen molar-refractivity contribution < 1.29 is 8.42 Å². The SMILES string of the molecule is CC(Cc1ccsc1)NC1CCS(=O)(=O)C1. The van der Waals surface area contributed by atoms with Crippen LogP contribution in [0.25, 0.3) is 0 Å². The normalized spacial score (nSPS) is 25.7. The van der Waals surface area contributed by atoms with Crippen molar-refractivity contribution in [2.24, 2.45) is 0 Å². The first-order chi connectivity index (χ1) is 7.55. The molecule has 2 rings (SSSR count). The standard InChI is InChI=1S/C11H17NO2S2/c1-9(6-10-2-4-15-7-10)12-11-3-5-16(13,14)8-11/h2,4,7,9,11-12H,3,5-6,8H2,1H3. The number of sulfone groups is 1. The molecule has 2 heterocycles. The molecule has 0 aliphatic carbocycles. The summed E-state index contributed by atoms with van der Waals surface area (Å²) in [6.45, 7) is 2.11. The molecule has 5 heteroatoms. The third kappa shape index (κ3) is 3.30. The molecule has 1 aliphatic rings. The molecule has 2 atom stereocenters. The first-order valence-electron chi connectivity index (χ1n) is 5.53. The van der Waals surface area contributed by atoms with Gasteiger partial charge in [0.05, 0.1) is 11.5 Å². The topological polar surface area (TPSA) is 46.2 Å². The third-order valence-electron chi connectivity index (χ3n) is 2.87. The molecule has 16 heavy (non-hydrogen) atoms. The Hall–Kier alpha value is -0.390. The molecule has 0 aromatic carbocycles. The average Bonchev–Trinajstić information content (AvgIpc) is 2.76. The fourth-order valence-corrected chi connectivity index (χ4v) is 4.52. The molecule has 1 aromatic heterocycles. The average molecular weight is 259 g/mol. The van der Waals surface area contributed by atoms with Gasteiger partial charge in [-0.2, -0.15) is 11.3 Å². The molecule has 0 bridgehead atoms. The van der Waals surface area contributed by atoms with Gasteiger partial charge in [-0.25, -0.2) is 8.42 Å². The molecule has 1 N–H and O–H groups in total. The molecule has 0 saturated carbocycles. The van der Waals surface area contributed by atoms with E-state index in [9.17, 15) is 8.42 Å². The minimum Gasteiger partial charge on any atom is -0.310 e. The van der Waals surface area contributed by atoms with E-state index in [4.69, 9.17) is 0 Å². The quantitative estimate of drug-likeness (QED) is 0.890. The number of rotatable bonds is 4. The maximum Gasteiger partial charge on any atom is 0.151 e. The minimum absolute atomic E-state index is 0.152. The van der Waals surface area contributed by atoms with Crippen molar-refractivity contribution in [1.29, 1.82) is 0 Å². The highest BCUT2D eigenvalue weighted by Gasteiger charge is 2.28. The number of nitrogens with one attached hydrogen (secondary N) is 1. The van der Waals surface area contributed by atoms with Gasteiger partial charge in [-0.15, -0.1) is 0 Å². The molecule has 0 radical (unpaired) electrons. The lowest BCUT2D eigenvalue weighted by molar-refractivity contribution is 0.469. The van der Waals surface area contributed by atoms with Crippen LogP contribution in [0.2, 0.25) is 0 Å². The van der Waals surface area contributed by atoms with Crippen molar-refractivity contribution in [2.45, 2.75) is 31.8 Å². The fourth-order valence-electron chi connectivity index (χ4n) is 2.15. The van der Waals surface area contributed by atoms with Gasteiger partial charge in [0.2, 0.25) is 0 Å². The summed E-state index contributed by atoms with van der Waals surface area (Å²) >= 11 is 1.70. The van der Waals surface area contributed by atoms with Crippen LogP contribution in [0.3, 0.4) is 0 Å². The molecule has 1 aliphatic heterocycles. The summed E-state index contributed by atoms with van der Waals surface area (Å²) in [6.07, 6.45) is 1.73. The molecule has 2 unspecified atom stereocenters. The van der Waals surface area contributed by atoms with Gasteiger partial charge in [0.25, 0.3) is 0 Å². The van der Waals surface area contributed by atoms with Crippen molar-refractivity contribution in [2.75, 3.05) is 11.5 Å². The van der Waals surface area contributed by atoms with E-state index in [0.717, 1.165) is 12.8 Å². The molecule has 1 saturated heterocycles. The van der Waals surface area contributed by atoms with Crippen molar-refractivity contribution in [3.8, 4) is 0 Å². The predicted octanol–water partition coefficient (Wildman–Crippen LogP) is 1.46. The van der Waals surface area contributed by atoms with Gasteiger partial charge in [-0.3, -0.25) is 0 Å². The van der Waals surface area contributed by atoms with Gasteiger partial charge in [-0.05, 0) is 42.2 Å². The molecular formula is C11H17NO2S2. The molecule has 3 nitrogen and oxygen atoms in total. The third-order valence-corrected chi connectivity index (χ3v) is 5.37. The Balaban J connectivity index is 1.82. The van der Waals surface area contributed by atoms with E-state index in [-0.39, 0.29) is 6.04 Å². The number of hydrogen-bond acceptors (Lipinski definition) is 4. The van der Waals surface area contributed by atoms with Crippen LogP contribution < -0.4 is 5.32 Å². The van der Waals surface area contributed by atoms with Crippen molar-refractivity contribution in [3.63, 3.8) is 0 Å². The second-order valence-corrected chi connectivity index (χ2v) is 7.51. The monoisotopic (exact) mass is 259 g/mol. The molecule has 0 spiro atoms. The molecule has 1 fully saturated rings. The van der Waals surface area contributed by atoms with Gasteiger partial charge in [0, 0.05) is 12.1 Å². The van der Waals surface area contributed by atoms with Crippen molar-refractivity contribution in [1.82, 2.24) is 5.32 Å². The lowest BCUT2D eigenvalue weighted by Crippen LogP contribution is -2.38. The van der Waals surface area contributed by atoms with E-state index in [1.165, 1.54) is 5.56 Å². The minimum atomic E-state index is -2.76. The highest BCUT2D eigenvalue weighted by atomic mass is 32.2. The van der Waals surface area contributed by atoms with Crippen molar-refractivity contribution in [3.05, 3.63) is 22.4 Å². The fraction of sp³-hybridized carbons (Fsp3) is 0.636. The van der Waals surface area contributed by atoms with Crippen LogP contribution in [0, 0.1) is 0 Å². The molecule has 90 valence electrons. The summed E-state index contributed by atoms with van der Waals surface area (Å²) in [4.78, 5) is 0. The smallest absolute Gasteiger partial charge is 0.151 e. The Bertz CT molecular complexity index is 425. The van der Waals surface area contributed by atoms with E-state index in [1.54, 1.807) is 11.3 Å². The highest BCUT2D eigenvalue weighted by molar-refractivity contribution is 7.91. The van der Waals surface area contributed by atoms with Crippen LogP contribution in [0.1, 0.15) is 18.9 Å². The summed E-state index contributed by atoms with van der Waals surface area (Å²) in [6, 6.07) is 2.61. The zero-order chi connectivity index (χ0) is 11.6. The maximum atomic E-state index is 11.3. The predicted molar refractivity (Wildman–Crippen MR) is 67.7 cm³/mol. The van der Waals surface area contributed by atoms with Crippen LogP contribution in [0.5, 0.6) is 0 Å². The maximum absolute atomic E-state index is 11.3. The number of thiophene rings is 1. The first-order valence-corrected chi connectivity index (χ1v) is 8.29. The van der Waals surface area contributed by atoms with Gasteiger partial charge < -0.3 is 5.32 Å². The summed E-state index contributed by atoms with van der Waals surface area (Å²) in [5, 5.41) is 7.61. The van der Waals surface area contributed by atoms with E-state index in [0.29, 0.717) is 17.5 Å². The van der Waals surface area contributed by atoms with Gasteiger partial charge in [0.1, 0.15) is 0 Å². The molecular weight excluding hydrogens is 242 g/mol. The highest BCUT2D eigenvalue weighted by Crippen LogP contribution is 2.14. The van der Waals surface area contributed by atoms with E-state index < -0.39 is 9.84 Å². The Labute approximate surface area is 101 Å².